The summed E-state index contributed by atoms with van der Waals surface area (Å²) >= 11 is 0. The number of hydrogen-bond donors (Lipinski definition) is 1. The van der Waals surface area contributed by atoms with Crippen LogP contribution in [0.25, 0.3) is 10.9 Å². The molecule has 2 unspecified atom stereocenters. The molecule has 2 N–H and O–H groups in total. The number of fused-ring (bicyclic) bond motifs is 1. The Balaban J connectivity index is 2.40. The Kier molecular flexibility index (Phi) is 4.28. The maximum Gasteiger partial charge on any atom is 0.0765 e. The lowest BCUT2D eigenvalue weighted by molar-refractivity contribution is 0.0417. The van der Waals surface area contributed by atoms with Gasteiger partial charge in [-0.1, -0.05) is 25.1 Å². The van der Waals surface area contributed by atoms with Crippen LogP contribution in [0, 0.1) is 0 Å². The number of aromatic nitrogens is 1. The fraction of sp³-hybridized carbons (Fsp3) is 0.400. The molecule has 2 atom stereocenters. The summed E-state index contributed by atoms with van der Waals surface area (Å²) in [4.78, 5) is 4.36. The van der Waals surface area contributed by atoms with Crippen molar-refractivity contribution in [1.82, 2.24) is 4.98 Å². The molecule has 18 heavy (non-hydrogen) atoms. The van der Waals surface area contributed by atoms with Gasteiger partial charge in [0.05, 0.1) is 17.7 Å². The standard InChI is InChI=1S/C15H20N2O/c1-3-14(18-4-2)15(16)12-7-5-9-13-11(12)8-6-10-17-13/h5-10,14-15H,3-4,16H2,1-2H3. The number of ether oxygens (including phenoxy) is 1. The molecule has 0 radical (unpaired) electrons. The average molecular weight is 244 g/mol. The molecule has 1 heterocycles. The molecule has 2 aromatic rings. The van der Waals surface area contributed by atoms with E-state index in [2.05, 4.69) is 24.0 Å². The van der Waals surface area contributed by atoms with Gasteiger partial charge in [0.1, 0.15) is 0 Å². The van der Waals surface area contributed by atoms with Crippen LogP contribution < -0.4 is 5.73 Å². The first-order chi connectivity index (χ1) is 8.77. The van der Waals surface area contributed by atoms with E-state index in [0.29, 0.717) is 6.61 Å². The van der Waals surface area contributed by atoms with Crippen LogP contribution in [0.3, 0.4) is 0 Å². The van der Waals surface area contributed by atoms with E-state index in [1.807, 2.05) is 25.1 Å². The molecule has 0 aliphatic heterocycles. The highest BCUT2D eigenvalue weighted by atomic mass is 16.5. The molecule has 3 nitrogen and oxygen atoms in total. The molecule has 0 fully saturated rings. The first-order valence-corrected chi connectivity index (χ1v) is 6.48. The first-order valence-electron chi connectivity index (χ1n) is 6.48. The van der Waals surface area contributed by atoms with Crippen LogP contribution in [0.2, 0.25) is 0 Å². The second-order valence-electron chi connectivity index (χ2n) is 4.35. The third-order valence-electron chi connectivity index (χ3n) is 3.22. The molecule has 1 aromatic carbocycles. The SMILES string of the molecule is CCOC(CC)C(N)c1cccc2ncccc12. The second-order valence-corrected chi connectivity index (χ2v) is 4.35. The van der Waals surface area contributed by atoms with Gasteiger partial charge in [0.15, 0.2) is 0 Å². The maximum absolute atomic E-state index is 6.35. The third kappa shape index (κ3) is 2.52. The predicted molar refractivity (Wildman–Crippen MR) is 74.4 cm³/mol. The molecule has 2 rings (SSSR count). The van der Waals surface area contributed by atoms with Gasteiger partial charge in [-0.05, 0) is 31.0 Å². The Labute approximate surface area is 108 Å². The molecule has 3 heteroatoms. The summed E-state index contributed by atoms with van der Waals surface area (Å²) in [5.41, 5.74) is 8.44. The van der Waals surface area contributed by atoms with E-state index in [1.165, 1.54) is 0 Å². The number of pyridine rings is 1. The average Bonchev–Trinajstić information content (AvgIpc) is 2.43. The highest BCUT2D eigenvalue weighted by Gasteiger charge is 2.19. The van der Waals surface area contributed by atoms with Crippen molar-refractivity contribution in [2.24, 2.45) is 5.73 Å². The van der Waals surface area contributed by atoms with E-state index in [9.17, 15) is 0 Å². The van der Waals surface area contributed by atoms with Gasteiger partial charge in [0, 0.05) is 18.2 Å². The zero-order chi connectivity index (χ0) is 13.0. The number of hydrogen-bond acceptors (Lipinski definition) is 3. The summed E-state index contributed by atoms with van der Waals surface area (Å²) in [6, 6.07) is 9.98. The fourth-order valence-electron chi connectivity index (χ4n) is 2.31. The lowest BCUT2D eigenvalue weighted by atomic mass is 9.96. The number of rotatable bonds is 5. The van der Waals surface area contributed by atoms with Crippen LogP contribution in [0.15, 0.2) is 36.5 Å². The van der Waals surface area contributed by atoms with Gasteiger partial charge >= 0.3 is 0 Å². The summed E-state index contributed by atoms with van der Waals surface area (Å²) in [6.45, 7) is 4.79. The molecule has 0 spiro atoms. The van der Waals surface area contributed by atoms with Gasteiger partial charge in [-0.3, -0.25) is 4.98 Å². The van der Waals surface area contributed by atoms with Crippen LogP contribution in [0.4, 0.5) is 0 Å². The Morgan fingerprint density at radius 1 is 1.22 bits per heavy atom. The molecule has 0 bridgehead atoms. The van der Waals surface area contributed by atoms with Crippen molar-refractivity contribution >= 4 is 10.9 Å². The van der Waals surface area contributed by atoms with Crippen molar-refractivity contribution in [2.45, 2.75) is 32.4 Å². The van der Waals surface area contributed by atoms with E-state index < -0.39 is 0 Å². The normalized spacial score (nSPS) is 14.6. The number of nitrogens with zero attached hydrogens (tertiary/aromatic N) is 1. The Bertz CT molecular complexity index is 507. The topological polar surface area (TPSA) is 48.1 Å². The second kappa shape index (κ2) is 5.94. The maximum atomic E-state index is 6.35. The molecule has 0 aliphatic carbocycles. The molecule has 1 aromatic heterocycles. The van der Waals surface area contributed by atoms with E-state index >= 15 is 0 Å². The molecular formula is C15H20N2O. The highest BCUT2D eigenvalue weighted by molar-refractivity contribution is 5.82. The Morgan fingerprint density at radius 3 is 2.78 bits per heavy atom. The van der Waals surface area contributed by atoms with E-state index in [0.717, 1.165) is 22.9 Å². The highest BCUT2D eigenvalue weighted by Crippen LogP contribution is 2.26. The minimum absolute atomic E-state index is 0.0563. The predicted octanol–water partition coefficient (Wildman–Crippen LogP) is 3.05. The van der Waals surface area contributed by atoms with Crippen LogP contribution in [-0.2, 0) is 4.74 Å². The molecule has 0 saturated heterocycles. The summed E-state index contributed by atoms with van der Waals surface area (Å²) in [5.74, 6) is 0. The van der Waals surface area contributed by atoms with Crippen LogP contribution >= 0.6 is 0 Å². The van der Waals surface area contributed by atoms with Crippen molar-refractivity contribution in [3.8, 4) is 0 Å². The lowest BCUT2D eigenvalue weighted by Gasteiger charge is -2.23. The van der Waals surface area contributed by atoms with Gasteiger partial charge in [-0.25, -0.2) is 0 Å². The molecule has 96 valence electrons. The molecule has 0 amide bonds. The van der Waals surface area contributed by atoms with Gasteiger partial charge in [0.25, 0.3) is 0 Å². The van der Waals surface area contributed by atoms with Crippen molar-refractivity contribution in [3.05, 3.63) is 42.1 Å². The monoisotopic (exact) mass is 244 g/mol. The van der Waals surface area contributed by atoms with Crippen molar-refractivity contribution in [1.29, 1.82) is 0 Å². The summed E-state index contributed by atoms with van der Waals surface area (Å²) in [7, 11) is 0. The fourth-order valence-corrected chi connectivity index (χ4v) is 2.31. The lowest BCUT2D eigenvalue weighted by Crippen LogP contribution is -2.28. The van der Waals surface area contributed by atoms with Crippen molar-refractivity contribution in [2.75, 3.05) is 6.61 Å². The first kappa shape index (κ1) is 13.0. The summed E-state index contributed by atoms with van der Waals surface area (Å²) in [6.07, 6.45) is 2.77. The largest absolute Gasteiger partial charge is 0.377 e. The summed E-state index contributed by atoms with van der Waals surface area (Å²) < 4.78 is 5.71. The number of nitrogens with two attached hydrogens (primary N) is 1. The van der Waals surface area contributed by atoms with Gasteiger partial charge in [-0.15, -0.1) is 0 Å². The van der Waals surface area contributed by atoms with E-state index in [-0.39, 0.29) is 12.1 Å². The van der Waals surface area contributed by atoms with Crippen LogP contribution in [0.5, 0.6) is 0 Å². The molecule has 0 aliphatic rings. The number of benzene rings is 1. The zero-order valence-electron chi connectivity index (χ0n) is 11.0. The molecule has 0 saturated carbocycles. The Morgan fingerprint density at radius 2 is 2.06 bits per heavy atom. The van der Waals surface area contributed by atoms with E-state index in [1.54, 1.807) is 6.20 Å². The minimum Gasteiger partial charge on any atom is -0.377 e. The van der Waals surface area contributed by atoms with Crippen molar-refractivity contribution in [3.63, 3.8) is 0 Å². The van der Waals surface area contributed by atoms with Gasteiger partial charge in [0.2, 0.25) is 0 Å². The molecular weight excluding hydrogens is 224 g/mol. The zero-order valence-corrected chi connectivity index (χ0v) is 11.0. The Hall–Kier alpha value is -1.45. The van der Waals surface area contributed by atoms with Gasteiger partial charge in [-0.2, -0.15) is 0 Å². The minimum atomic E-state index is -0.108. The van der Waals surface area contributed by atoms with Crippen LogP contribution in [0.1, 0.15) is 31.9 Å². The van der Waals surface area contributed by atoms with E-state index in [4.69, 9.17) is 10.5 Å². The van der Waals surface area contributed by atoms with Crippen molar-refractivity contribution < 1.29 is 4.74 Å². The van der Waals surface area contributed by atoms with Gasteiger partial charge < -0.3 is 10.5 Å². The smallest absolute Gasteiger partial charge is 0.0765 e. The van der Waals surface area contributed by atoms with Crippen LogP contribution in [-0.4, -0.2) is 17.7 Å². The summed E-state index contributed by atoms with van der Waals surface area (Å²) in [5, 5.41) is 1.12. The third-order valence-corrected chi connectivity index (χ3v) is 3.22. The quantitative estimate of drug-likeness (QED) is 0.879.